The third-order valence-corrected chi connectivity index (χ3v) is 7.86. The summed E-state index contributed by atoms with van der Waals surface area (Å²) in [5.41, 5.74) is 0.462. The summed E-state index contributed by atoms with van der Waals surface area (Å²) in [6.07, 6.45) is 2.23. The van der Waals surface area contributed by atoms with Crippen LogP contribution in [-0.4, -0.2) is 42.7 Å². The number of hydrogen-bond donors (Lipinski definition) is 0. The molecule has 2 aromatic rings. The fourth-order valence-corrected chi connectivity index (χ4v) is 5.43. The Labute approximate surface area is 160 Å². The zero-order chi connectivity index (χ0) is 19.3. The van der Waals surface area contributed by atoms with Crippen molar-refractivity contribution in [2.24, 2.45) is 0 Å². The molecule has 3 rings (SSSR count). The van der Waals surface area contributed by atoms with E-state index in [0.29, 0.717) is 18.0 Å². The van der Waals surface area contributed by atoms with Crippen molar-refractivity contribution in [3.05, 3.63) is 23.0 Å². The van der Waals surface area contributed by atoms with Gasteiger partial charge in [0, 0.05) is 12.0 Å². The summed E-state index contributed by atoms with van der Waals surface area (Å²) < 4.78 is 32.0. The highest BCUT2D eigenvalue weighted by molar-refractivity contribution is 7.93. The predicted octanol–water partition coefficient (Wildman–Crippen LogP) is 4.43. The second-order valence-electron chi connectivity index (χ2n) is 8.74. The maximum Gasteiger partial charge on any atom is 0.200 e. The maximum atomic E-state index is 13.5. The van der Waals surface area contributed by atoms with E-state index in [1.807, 2.05) is 20.8 Å². The lowest BCUT2D eigenvalue weighted by Crippen LogP contribution is -2.43. The molecule has 0 aliphatic carbocycles. The van der Waals surface area contributed by atoms with Crippen LogP contribution in [0.4, 0.5) is 0 Å². The van der Waals surface area contributed by atoms with Crippen LogP contribution in [0.25, 0.3) is 11.1 Å². The van der Waals surface area contributed by atoms with Gasteiger partial charge in [-0.25, -0.2) is 13.4 Å². The van der Waals surface area contributed by atoms with Crippen LogP contribution < -0.4 is 0 Å². The van der Waals surface area contributed by atoms with Crippen LogP contribution in [-0.2, 0) is 15.3 Å². The molecular weight excluding hydrogens is 372 g/mol. The molecular formula is C19H27ClN2O3S. The molecule has 0 unspecified atom stereocenters. The van der Waals surface area contributed by atoms with Gasteiger partial charge in [0.2, 0.25) is 5.89 Å². The Morgan fingerprint density at radius 1 is 1.15 bits per heavy atom. The predicted molar refractivity (Wildman–Crippen MR) is 105 cm³/mol. The van der Waals surface area contributed by atoms with Gasteiger partial charge in [-0.05, 0) is 51.9 Å². The highest BCUT2D eigenvalue weighted by Gasteiger charge is 2.41. The Hall–Kier alpha value is -1.11. The summed E-state index contributed by atoms with van der Waals surface area (Å²) in [5.74, 6) is 0.503. The number of aromatic nitrogens is 1. The minimum Gasteiger partial charge on any atom is -0.439 e. The topological polar surface area (TPSA) is 63.4 Å². The number of halogens is 1. The molecule has 1 aromatic heterocycles. The smallest absolute Gasteiger partial charge is 0.200 e. The van der Waals surface area contributed by atoms with Gasteiger partial charge in [0.25, 0.3) is 0 Å². The number of benzene rings is 1. The van der Waals surface area contributed by atoms with Gasteiger partial charge in [0.05, 0.1) is 9.77 Å². The average molecular weight is 399 g/mol. The summed E-state index contributed by atoms with van der Waals surface area (Å²) >= 11 is 6.35. The summed E-state index contributed by atoms with van der Waals surface area (Å²) in [6.45, 7) is 11.8. The molecule has 0 bridgehead atoms. The van der Waals surface area contributed by atoms with Gasteiger partial charge < -0.3 is 9.32 Å². The largest absolute Gasteiger partial charge is 0.439 e. The molecule has 144 valence electrons. The molecule has 1 aliphatic rings. The fraction of sp³-hybridized carbons (Fsp3) is 0.632. The molecule has 0 N–H and O–H groups in total. The third-order valence-electron chi connectivity index (χ3n) is 4.90. The lowest BCUT2D eigenvalue weighted by molar-refractivity contribution is 0.306. The first-order valence-electron chi connectivity index (χ1n) is 9.00. The average Bonchev–Trinajstić information content (AvgIpc) is 3.14. The second kappa shape index (κ2) is 6.50. The van der Waals surface area contributed by atoms with Gasteiger partial charge in [0.15, 0.2) is 15.4 Å². The van der Waals surface area contributed by atoms with Gasteiger partial charge in [-0.15, -0.1) is 0 Å². The number of sulfone groups is 1. The minimum absolute atomic E-state index is 0.0591. The molecule has 5 nitrogen and oxygen atoms in total. The van der Waals surface area contributed by atoms with E-state index in [1.165, 1.54) is 0 Å². The van der Waals surface area contributed by atoms with E-state index in [1.54, 1.807) is 26.0 Å². The summed E-state index contributed by atoms with van der Waals surface area (Å²) in [7, 11) is -3.72. The van der Waals surface area contributed by atoms with Crippen LogP contribution in [0.3, 0.4) is 0 Å². The summed E-state index contributed by atoms with van der Waals surface area (Å²) in [5, 5.41) is 0.184. The molecule has 0 radical (unpaired) electrons. The minimum atomic E-state index is -3.72. The van der Waals surface area contributed by atoms with E-state index in [2.05, 4.69) is 9.88 Å². The first-order chi connectivity index (χ1) is 11.9. The Balaban J connectivity index is 2.12. The van der Waals surface area contributed by atoms with Crippen LogP contribution in [0, 0.1) is 0 Å². The Morgan fingerprint density at radius 2 is 1.77 bits per heavy atom. The number of rotatable bonds is 4. The van der Waals surface area contributed by atoms with Crippen molar-refractivity contribution in [3.8, 4) is 0 Å². The summed E-state index contributed by atoms with van der Waals surface area (Å²) in [6, 6.07) is 3.31. The molecule has 2 heterocycles. The Kier molecular flexibility index (Phi) is 4.91. The SMILES string of the molecule is CC(C)(C)c1nc2ccc(Cl)c(S(=O)(=O)C(C)(C)CN3CCCC3)c2o1. The first kappa shape index (κ1) is 19.6. The van der Waals surface area contributed by atoms with Gasteiger partial charge in [0.1, 0.15) is 10.4 Å². The van der Waals surface area contributed by atoms with E-state index in [9.17, 15) is 8.42 Å². The molecule has 1 aromatic carbocycles. The standard InChI is InChI=1S/C19H27ClN2O3S/c1-18(2,3)17-21-14-9-8-13(20)16(15(14)25-17)26(23,24)19(4,5)12-22-10-6-7-11-22/h8-9H,6-7,10-12H2,1-5H3. The number of hydrogen-bond acceptors (Lipinski definition) is 5. The van der Waals surface area contributed by atoms with Crippen molar-refractivity contribution in [1.82, 2.24) is 9.88 Å². The lowest BCUT2D eigenvalue weighted by atomic mass is 9.97. The van der Waals surface area contributed by atoms with E-state index in [4.69, 9.17) is 16.0 Å². The van der Waals surface area contributed by atoms with E-state index < -0.39 is 14.6 Å². The quantitative estimate of drug-likeness (QED) is 0.762. The highest BCUT2D eigenvalue weighted by atomic mass is 35.5. The molecule has 1 fully saturated rings. The number of fused-ring (bicyclic) bond motifs is 1. The number of nitrogens with zero attached hydrogens (tertiary/aromatic N) is 2. The van der Waals surface area contributed by atoms with Crippen molar-refractivity contribution >= 4 is 32.5 Å². The third kappa shape index (κ3) is 3.39. The second-order valence-corrected chi connectivity index (χ2v) is 11.7. The number of oxazole rings is 1. The molecule has 26 heavy (non-hydrogen) atoms. The monoisotopic (exact) mass is 398 g/mol. The molecule has 0 saturated carbocycles. The van der Waals surface area contributed by atoms with Crippen LogP contribution >= 0.6 is 11.6 Å². The zero-order valence-electron chi connectivity index (χ0n) is 16.1. The Bertz CT molecular complexity index is 920. The fourth-order valence-electron chi connectivity index (χ4n) is 3.36. The van der Waals surface area contributed by atoms with Crippen LogP contribution in [0.2, 0.25) is 5.02 Å². The normalized spacial score (nSPS) is 17.3. The molecule has 1 aliphatic heterocycles. The van der Waals surface area contributed by atoms with Crippen LogP contribution in [0.1, 0.15) is 53.4 Å². The Morgan fingerprint density at radius 3 is 2.35 bits per heavy atom. The zero-order valence-corrected chi connectivity index (χ0v) is 17.7. The maximum absolute atomic E-state index is 13.5. The van der Waals surface area contributed by atoms with Gasteiger partial charge >= 0.3 is 0 Å². The van der Waals surface area contributed by atoms with Crippen molar-refractivity contribution < 1.29 is 12.8 Å². The summed E-state index contributed by atoms with van der Waals surface area (Å²) in [4.78, 5) is 6.74. The van der Waals surface area contributed by atoms with Crippen molar-refractivity contribution in [2.75, 3.05) is 19.6 Å². The molecule has 0 atom stereocenters. The van der Waals surface area contributed by atoms with E-state index in [0.717, 1.165) is 25.9 Å². The first-order valence-corrected chi connectivity index (χ1v) is 10.9. The number of likely N-dealkylation sites (tertiary alicyclic amines) is 1. The van der Waals surface area contributed by atoms with Gasteiger partial charge in [-0.2, -0.15) is 0 Å². The van der Waals surface area contributed by atoms with Crippen LogP contribution in [0.15, 0.2) is 21.4 Å². The molecule has 7 heteroatoms. The van der Waals surface area contributed by atoms with E-state index >= 15 is 0 Å². The van der Waals surface area contributed by atoms with Crippen molar-refractivity contribution in [3.63, 3.8) is 0 Å². The van der Waals surface area contributed by atoms with E-state index in [-0.39, 0.29) is 20.9 Å². The molecule has 0 amide bonds. The van der Waals surface area contributed by atoms with Crippen molar-refractivity contribution in [1.29, 1.82) is 0 Å². The molecule has 0 spiro atoms. The van der Waals surface area contributed by atoms with Crippen LogP contribution in [0.5, 0.6) is 0 Å². The molecule has 1 saturated heterocycles. The van der Waals surface area contributed by atoms with Gasteiger partial charge in [-0.3, -0.25) is 0 Å². The lowest BCUT2D eigenvalue weighted by Gasteiger charge is -2.30. The highest BCUT2D eigenvalue weighted by Crippen LogP contribution is 2.38. The van der Waals surface area contributed by atoms with Crippen molar-refractivity contribution in [2.45, 2.75) is 62.5 Å². The van der Waals surface area contributed by atoms with Gasteiger partial charge in [-0.1, -0.05) is 32.4 Å².